The van der Waals surface area contributed by atoms with Crippen molar-refractivity contribution >= 4 is 21.8 Å². The molecule has 0 fully saturated rings. The fourth-order valence-corrected chi connectivity index (χ4v) is 1.77. The van der Waals surface area contributed by atoms with E-state index in [0.717, 1.165) is 5.33 Å². The van der Waals surface area contributed by atoms with Crippen LogP contribution in [-0.4, -0.2) is 52.5 Å². The van der Waals surface area contributed by atoms with Crippen LogP contribution in [0.1, 0.15) is 10.5 Å². The Bertz CT molecular complexity index is 341. The summed E-state index contributed by atoms with van der Waals surface area (Å²) in [5.41, 5.74) is 0.594. The number of hydrogen-bond donors (Lipinski definition) is 0. The summed E-state index contributed by atoms with van der Waals surface area (Å²) in [5, 5.41) is 0.750. The molecule has 1 rings (SSSR count). The molecule has 0 saturated heterocycles. The van der Waals surface area contributed by atoms with Crippen LogP contribution in [0.2, 0.25) is 0 Å². The van der Waals surface area contributed by atoms with Gasteiger partial charge in [-0.25, -0.2) is 4.98 Å². The number of imidazole rings is 1. The van der Waals surface area contributed by atoms with Gasteiger partial charge >= 0.3 is 0 Å². The molecule has 0 bridgehead atoms. The van der Waals surface area contributed by atoms with Crippen LogP contribution >= 0.6 is 15.9 Å². The van der Waals surface area contributed by atoms with Gasteiger partial charge in [-0.3, -0.25) is 4.79 Å². The number of nitrogens with zero attached hydrogens (tertiary/aromatic N) is 3. The smallest absolute Gasteiger partial charge is 0.272 e. The third-order valence-electron chi connectivity index (χ3n) is 2.24. The Morgan fingerprint density at radius 1 is 1.62 bits per heavy atom. The van der Waals surface area contributed by atoms with Crippen molar-refractivity contribution in [2.24, 2.45) is 7.05 Å². The highest BCUT2D eigenvalue weighted by atomic mass is 79.9. The minimum Gasteiger partial charge on any atom is -0.383 e. The second kappa shape index (κ2) is 6.65. The zero-order chi connectivity index (χ0) is 12.0. The largest absolute Gasteiger partial charge is 0.383 e. The summed E-state index contributed by atoms with van der Waals surface area (Å²) >= 11 is 3.33. The molecule has 0 N–H and O–H groups in total. The van der Waals surface area contributed by atoms with E-state index in [-0.39, 0.29) is 5.91 Å². The molecule has 1 heterocycles. The second-order valence-corrected chi connectivity index (χ2v) is 4.16. The third-order valence-corrected chi connectivity index (χ3v) is 2.60. The highest BCUT2D eigenvalue weighted by Gasteiger charge is 2.17. The van der Waals surface area contributed by atoms with E-state index in [1.807, 2.05) is 7.05 Å². The number of methoxy groups -OCH3 is 1. The van der Waals surface area contributed by atoms with Crippen molar-refractivity contribution < 1.29 is 9.53 Å². The molecule has 0 aliphatic heterocycles. The van der Waals surface area contributed by atoms with Crippen molar-refractivity contribution in [2.45, 2.75) is 0 Å². The fraction of sp³-hybridized carbons (Fsp3) is 0.600. The number of carbonyl (C=O) groups is 1. The van der Waals surface area contributed by atoms with Crippen LogP contribution in [0.25, 0.3) is 0 Å². The third kappa shape index (κ3) is 3.31. The van der Waals surface area contributed by atoms with Crippen LogP contribution in [0.3, 0.4) is 0 Å². The molecule has 1 aromatic heterocycles. The van der Waals surface area contributed by atoms with Crippen LogP contribution < -0.4 is 0 Å². The molecule has 0 aliphatic carbocycles. The fourth-order valence-electron chi connectivity index (χ4n) is 1.34. The lowest BCUT2D eigenvalue weighted by atomic mass is 10.3. The molecule has 0 saturated carbocycles. The molecule has 0 radical (unpaired) electrons. The van der Waals surface area contributed by atoms with Crippen LogP contribution in [0.15, 0.2) is 12.5 Å². The SMILES string of the molecule is COCCN(CCBr)C(=O)c1cncn1C. The zero-order valence-corrected chi connectivity index (χ0v) is 11.1. The van der Waals surface area contributed by atoms with Gasteiger partial charge in [0.25, 0.3) is 5.91 Å². The van der Waals surface area contributed by atoms with Crippen molar-refractivity contribution in [3.63, 3.8) is 0 Å². The first-order valence-electron chi connectivity index (χ1n) is 5.01. The normalized spacial score (nSPS) is 10.4. The van der Waals surface area contributed by atoms with Gasteiger partial charge in [-0.05, 0) is 0 Å². The molecule has 6 heteroatoms. The van der Waals surface area contributed by atoms with E-state index in [1.54, 1.807) is 29.1 Å². The summed E-state index contributed by atoms with van der Waals surface area (Å²) in [6, 6.07) is 0. The predicted octanol–water partition coefficient (Wildman–Crippen LogP) is 0.904. The number of hydrogen-bond acceptors (Lipinski definition) is 3. The molecule has 16 heavy (non-hydrogen) atoms. The number of halogens is 1. The minimum atomic E-state index is -0.0171. The topological polar surface area (TPSA) is 47.4 Å². The van der Waals surface area contributed by atoms with E-state index < -0.39 is 0 Å². The van der Waals surface area contributed by atoms with Crippen molar-refractivity contribution in [1.82, 2.24) is 14.5 Å². The molecular formula is C10H16BrN3O2. The highest BCUT2D eigenvalue weighted by Crippen LogP contribution is 2.04. The Balaban J connectivity index is 2.70. The van der Waals surface area contributed by atoms with Crippen LogP contribution in [0.5, 0.6) is 0 Å². The van der Waals surface area contributed by atoms with Gasteiger partial charge in [0, 0.05) is 32.6 Å². The second-order valence-electron chi connectivity index (χ2n) is 3.36. The summed E-state index contributed by atoms with van der Waals surface area (Å²) in [5.74, 6) is -0.0171. The minimum absolute atomic E-state index is 0.0171. The van der Waals surface area contributed by atoms with E-state index in [1.165, 1.54) is 0 Å². The van der Waals surface area contributed by atoms with E-state index in [9.17, 15) is 4.79 Å². The number of alkyl halides is 1. The van der Waals surface area contributed by atoms with Gasteiger partial charge in [0.15, 0.2) is 0 Å². The predicted molar refractivity (Wildman–Crippen MR) is 64.8 cm³/mol. The van der Waals surface area contributed by atoms with E-state index >= 15 is 0 Å². The zero-order valence-electron chi connectivity index (χ0n) is 9.52. The van der Waals surface area contributed by atoms with E-state index in [2.05, 4.69) is 20.9 Å². The number of aryl methyl sites for hydroxylation is 1. The molecule has 90 valence electrons. The Labute approximate surface area is 104 Å². The van der Waals surface area contributed by atoms with Gasteiger partial charge in [-0.2, -0.15) is 0 Å². The van der Waals surface area contributed by atoms with Crippen molar-refractivity contribution in [3.8, 4) is 0 Å². The summed E-state index contributed by atoms with van der Waals surface area (Å²) < 4.78 is 6.70. The number of aromatic nitrogens is 2. The van der Waals surface area contributed by atoms with Gasteiger partial charge in [-0.15, -0.1) is 0 Å². The summed E-state index contributed by atoms with van der Waals surface area (Å²) in [6.07, 6.45) is 3.20. The summed E-state index contributed by atoms with van der Waals surface area (Å²) in [6.45, 7) is 1.79. The van der Waals surface area contributed by atoms with E-state index in [4.69, 9.17) is 4.74 Å². The maximum atomic E-state index is 12.1. The monoisotopic (exact) mass is 289 g/mol. The molecule has 0 atom stereocenters. The first kappa shape index (κ1) is 13.2. The summed E-state index contributed by atoms with van der Waals surface area (Å²) in [4.78, 5) is 17.8. The lowest BCUT2D eigenvalue weighted by Crippen LogP contribution is -2.36. The quantitative estimate of drug-likeness (QED) is 0.731. The van der Waals surface area contributed by atoms with Crippen molar-refractivity contribution in [2.75, 3.05) is 32.1 Å². The molecule has 1 aromatic rings. The van der Waals surface area contributed by atoms with Crippen molar-refractivity contribution in [3.05, 3.63) is 18.2 Å². The maximum absolute atomic E-state index is 12.1. The summed E-state index contributed by atoms with van der Waals surface area (Å²) in [7, 11) is 3.43. The van der Waals surface area contributed by atoms with Gasteiger partial charge in [-0.1, -0.05) is 15.9 Å². The molecular weight excluding hydrogens is 274 g/mol. The molecule has 1 amide bonds. The van der Waals surface area contributed by atoms with Crippen LogP contribution in [0.4, 0.5) is 0 Å². The lowest BCUT2D eigenvalue weighted by molar-refractivity contribution is 0.0699. The molecule has 0 aromatic carbocycles. The number of amides is 1. The van der Waals surface area contributed by atoms with Gasteiger partial charge in [0.05, 0.1) is 19.1 Å². The Morgan fingerprint density at radius 3 is 2.88 bits per heavy atom. The van der Waals surface area contributed by atoms with Crippen molar-refractivity contribution in [1.29, 1.82) is 0 Å². The highest BCUT2D eigenvalue weighted by molar-refractivity contribution is 9.09. The first-order chi connectivity index (χ1) is 7.70. The number of carbonyl (C=O) groups excluding carboxylic acids is 1. The Morgan fingerprint density at radius 2 is 2.38 bits per heavy atom. The average molecular weight is 290 g/mol. The lowest BCUT2D eigenvalue weighted by Gasteiger charge is -2.21. The van der Waals surface area contributed by atoms with E-state index in [0.29, 0.717) is 25.4 Å². The molecule has 0 spiro atoms. The average Bonchev–Trinajstić information content (AvgIpc) is 2.69. The standard InChI is InChI=1S/C10H16BrN3O2/c1-13-8-12-7-9(13)10(15)14(4-3-11)5-6-16-2/h7-8H,3-6H2,1-2H3. The van der Waals surface area contributed by atoms with Gasteiger partial charge in [0.1, 0.15) is 5.69 Å². The maximum Gasteiger partial charge on any atom is 0.272 e. The van der Waals surface area contributed by atoms with Gasteiger partial charge in [0.2, 0.25) is 0 Å². The number of rotatable bonds is 6. The van der Waals surface area contributed by atoms with Crippen LogP contribution in [0, 0.1) is 0 Å². The first-order valence-corrected chi connectivity index (χ1v) is 6.13. The molecule has 0 aliphatic rings. The number of ether oxygens (including phenoxy) is 1. The molecule has 5 nitrogen and oxygen atoms in total. The van der Waals surface area contributed by atoms with Gasteiger partial charge < -0.3 is 14.2 Å². The Hall–Kier alpha value is -0.880. The Kier molecular flexibility index (Phi) is 5.48. The van der Waals surface area contributed by atoms with Crippen LogP contribution in [-0.2, 0) is 11.8 Å². The molecule has 0 unspecified atom stereocenters.